The van der Waals surface area contributed by atoms with E-state index in [1.54, 1.807) is 0 Å². The maximum Gasteiger partial charge on any atom is 0.173 e. The molecule has 3 nitrogen and oxygen atoms in total. The van der Waals surface area contributed by atoms with E-state index in [-0.39, 0.29) is 5.69 Å². The largest absolute Gasteiger partial charge is 0.361 e. The van der Waals surface area contributed by atoms with E-state index in [0.29, 0.717) is 11.7 Å². The van der Waals surface area contributed by atoms with Crippen molar-refractivity contribution < 1.29 is 8.78 Å². The van der Waals surface area contributed by atoms with Crippen molar-refractivity contribution in [1.29, 1.82) is 0 Å². The first-order valence-corrected chi connectivity index (χ1v) is 8.79. The van der Waals surface area contributed by atoms with E-state index in [4.69, 9.17) is 12.2 Å². The number of hydrogen-bond donors (Lipinski definition) is 2. The van der Waals surface area contributed by atoms with Crippen molar-refractivity contribution in [3.63, 3.8) is 0 Å². The van der Waals surface area contributed by atoms with Crippen LogP contribution in [0.3, 0.4) is 0 Å². The number of aromatic nitrogens is 1. The first kappa shape index (κ1) is 16.7. The number of rotatable bonds is 2. The van der Waals surface area contributed by atoms with E-state index >= 15 is 0 Å². The standard InChI is InChI=1S/C20H17F2N3S/c21-14-5-6-19(17(22)11-14)24-20(26)25-9-7-13(8-10-25)16-12-23-18-4-2-1-3-15(16)18/h1-7,11-12,23H,8-10H2,(H,24,26). The van der Waals surface area contributed by atoms with Gasteiger partial charge in [0.05, 0.1) is 5.69 Å². The summed E-state index contributed by atoms with van der Waals surface area (Å²) in [5.41, 5.74) is 3.79. The van der Waals surface area contributed by atoms with E-state index in [9.17, 15) is 8.78 Å². The van der Waals surface area contributed by atoms with Gasteiger partial charge in [0.2, 0.25) is 0 Å². The molecular formula is C20H17F2N3S. The maximum atomic E-state index is 13.8. The summed E-state index contributed by atoms with van der Waals surface area (Å²) in [6, 6.07) is 11.6. The number of benzene rings is 2. The monoisotopic (exact) mass is 369 g/mol. The Morgan fingerprint density at radius 2 is 2.00 bits per heavy atom. The third-order valence-electron chi connectivity index (χ3n) is 4.60. The van der Waals surface area contributed by atoms with E-state index in [1.807, 2.05) is 23.2 Å². The van der Waals surface area contributed by atoms with Crippen molar-refractivity contribution in [2.24, 2.45) is 0 Å². The van der Waals surface area contributed by atoms with Crippen LogP contribution in [-0.4, -0.2) is 28.1 Å². The van der Waals surface area contributed by atoms with E-state index in [1.165, 1.54) is 28.7 Å². The zero-order valence-corrected chi connectivity index (χ0v) is 14.7. The number of aromatic amines is 1. The minimum Gasteiger partial charge on any atom is -0.361 e. The van der Waals surface area contributed by atoms with Crippen molar-refractivity contribution in [3.05, 3.63) is 71.9 Å². The fourth-order valence-electron chi connectivity index (χ4n) is 3.22. The van der Waals surface area contributed by atoms with Crippen molar-refractivity contribution in [1.82, 2.24) is 9.88 Å². The number of thiocarbonyl (C=S) groups is 1. The predicted molar refractivity (Wildman–Crippen MR) is 105 cm³/mol. The van der Waals surface area contributed by atoms with Crippen LogP contribution in [-0.2, 0) is 0 Å². The number of halogens is 2. The smallest absolute Gasteiger partial charge is 0.173 e. The van der Waals surface area contributed by atoms with Crippen molar-refractivity contribution in [2.75, 3.05) is 18.4 Å². The van der Waals surface area contributed by atoms with Gasteiger partial charge in [-0.1, -0.05) is 24.3 Å². The summed E-state index contributed by atoms with van der Waals surface area (Å²) in [7, 11) is 0. The molecule has 0 amide bonds. The molecule has 0 bridgehead atoms. The second kappa shape index (κ2) is 6.88. The molecule has 2 aromatic carbocycles. The Morgan fingerprint density at radius 1 is 1.15 bits per heavy atom. The Morgan fingerprint density at radius 3 is 2.77 bits per heavy atom. The number of nitrogens with one attached hydrogen (secondary N) is 2. The average Bonchev–Trinajstić information content (AvgIpc) is 3.08. The molecule has 0 aliphatic carbocycles. The van der Waals surface area contributed by atoms with E-state index in [2.05, 4.69) is 28.5 Å². The minimum atomic E-state index is -0.653. The molecule has 1 aliphatic heterocycles. The van der Waals surface area contributed by atoms with E-state index in [0.717, 1.165) is 24.5 Å². The molecule has 132 valence electrons. The van der Waals surface area contributed by atoms with Crippen LogP contribution in [0.4, 0.5) is 14.5 Å². The molecule has 1 aromatic heterocycles. The zero-order chi connectivity index (χ0) is 18.1. The molecule has 0 atom stereocenters. The number of anilines is 1. The predicted octanol–water partition coefficient (Wildman–Crippen LogP) is 4.93. The van der Waals surface area contributed by atoms with Gasteiger partial charge in [-0.3, -0.25) is 0 Å². The molecule has 26 heavy (non-hydrogen) atoms. The Hall–Kier alpha value is -2.73. The maximum absolute atomic E-state index is 13.8. The number of para-hydroxylation sites is 1. The fourth-order valence-corrected chi connectivity index (χ4v) is 3.50. The molecule has 2 heterocycles. The second-order valence-corrected chi connectivity index (χ2v) is 6.61. The van der Waals surface area contributed by atoms with Crippen molar-refractivity contribution in [3.8, 4) is 0 Å². The Bertz CT molecular complexity index is 1010. The van der Waals surface area contributed by atoms with Crippen LogP contribution < -0.4 is 5.32 Å². The number of fused-ring (bicyclic) bond motifs is 1. The SMILES string of the molecule is Fc1ccc(NC(=S)N2CC=C(c3c[nH]c4ccccc34)CC2)c(F)c1. The number of H-pyrrole nitrogens is 1. The van der Waals surface area contributed by atoms with Gasteiger partial charge in [0, 0.05) is 41.8 Å². The lowest BCUT2D eigenvalue weighted by atomic mass is 9.99. The van der Waals surface area contributed by atoms with Crippen LogP contribution in [0.2, 0.25) is 0 Å². The van der Waals surface area contributed by atoms with Crippen LogP contribution >= 0.6 is 12.2 Å². The van der Waals surface area contributed by atoms with E-state index < -0.39 is 11.6 Å². The molecule has 1 aliphatic rings. The molecule has 4 rings (SSSR count). The highest BCUT2D eigenvalue weighted by molar-refractivity contribution is 7.80. The van der Waals surface area contributed by atoms with Gasteiger partial charge in [0.1, 0.15) is 11.6 Å². The van der Waals surface area contributed by atoms with Gasteiger partial charge in [-0.15, -0.1) is 0 Å². The normalized spacial score (nSPS) is 14.4. The summed E-state index contributed by atoms with van der Waals surface area (Å²) in [5, 5.41) is 4.51. The quantitative estimate of drug-likeness (QED) is 0.628. The van der Waals surface area contributed by atoms with Crippen LogP contribution in [0.25, 0.3) is 16.5 Å². The first-order valence-electron chi connectivity index (χ1n) is 8.38. The molecule has 0 spiro atoms. The fraction of sp³-hybridized carbons (Fsp3) is 0.150. The molecule has 0 saturated heterocycles. The lowest BCUT2D eigenvalue weighted by molar-refractivity contribution is 0.466. The van der Waals surface area contributed by atoms with Crippen LogP contribution in [0.5, 0.6) is 0 Å². The van der Waals surface area contributed by atoms with Crippen LogP contribution in [0.1, 0.15) is 12.0 Å². The minimum absolute atomic E-state index is 0.183. The molecule has 0 radical (unpaired) electrons. The van der Waals surface area contributed by atoms with Gasteiger partial charge in [0.15, 0.2) is 5.11 Å². The lowest BCUT2D eigenvalue weighted by Gasteiger charge is -2.29. The van der Waals surface area contributed by atoms with Gasteiger partial charge >= 0.3 is 0 Å². The summed E-state index contributed by atoms with van der Waals surface area (Å²) in [4.78, 5) is 5.27. The highest BCUT2D eigenvalue weighted by atomic mass is 32.1. The Kier molecular flexibility index (Phi) is 4.42. The summed E-state index contributed by atoms with van der Waals surface area (Å²) in [6.07, 6.45) is 5.03. The summed E-state index contributed by atoms with van der Waals surface area (Å²) >= 11 is 5.38. The molecule has 2 N–H and O–H groups in total. The van der Waals surface area contributed by atoms with Gasteiger partial charge in [0.25, 0.3) is 0 Å². The van der Waals surface area contributed by atoms with Gasteiger partial charge < -0.3 is 15.2 Å². The molecule has 0 saturated carbocycles. The summed E-state index contributed by atoms with van der Waals surface area (Å²) in [5.74, 6) is -1.26. The number of hydrogen-bond acceptors (Lipinski definition) is 1. The Balaban J connectivity index is 1.47. The summed E-state index contributed by atoms with van der Waals surface area (Å²) in [6.45, 7) is 1.38. The summed E-state index contributed by atoms with van der Waals surface area (Å²) < 4.78 is 26.8. The molecule has 0 fully saturated rings. The highest BCUT2D eigenvalue weighted by Gasteiger charge is 2.18. The molecule has 0 unspecified atom stereocenters. The molecule has 3 aromatic rings. The molecular weight excluding hydrogens is 352 g/mol. The van der Waals surface area contributed by atoms with Gasteiger partial charge in [-0.05, 0) is 42.4 Å². The third-order valence-corrected chi connectivity index (χ3v) is 4.96. The average molecular weight is 369 g/mol. The molecule has 6 heteroatoms. The van der Waals surface area contributed by atoms with Gasteiger partial charge in [-0.25, -0.2) is 8.78 Å². The highest BCUT2D eigenvalue weighted by Crippen LogP contribution is 2.29. The Labute approximate surface area is 155 Å². The topological polar surface area (TPSA) is 31.1 Å². The first-order chi connectivity index (χ1) is 12.6. The van der Waals surface area contributed by atoms with Crippen molar-refractivity contribution >= 4 is 39.5 Å². The van der Waals surface area contributed by atoms with Crippen LogP contribution in [0.15, 0.2) is 54.7 Å². The van der Waals surface area contributed by atoms with Crippen LogP contribution in [0, 0.1) is 11.6 Å². The van der Waals surface area contributed by atoms with Gasteiger partial charge in [-0.2, -0.15) is 0 Å². The zero-order valence-electron chi connectivity index (χ0n) is 13.9. The second-order valence-electron chi connectivity index (χ2n) is 6.23. The third kappa shape index (κ3) is 3.20. The number of nitrogens with zero attached hydrogens (tertiary/aromatic N) is 1. The van der Waals surface area contributed by atoms with Crippen molar-refractivity contribution in [2.45, 2.75) is 6.42 Å². The lowest BCUT2D eigenvalue weighted by Crippen LogP contribution is -2.37.